The number of phenolic OH excluding ortho intramolecular Hbond substituents is 1. The lowest BCUT2D eigenvalue weighted by molar-refractivity contribution is -0.119. The number of carbonyl (C=O) groups is 1. The first-order chi connectivity index (χ1) is 12.7. The Balaban J connectivity index is 1.83. The van der Waals surface area contributed by atoms with Crippen molar-refractivity contribution in [3.63, 3.8) is 0 Å². The van der Waals surface area contributed by atoms with Crippen LogP contribution in [0.25, 0.3) is 0 Å². The van der Waals surface area contributed by atoms with Crippen LogP contribution in [0.15, 0.2) is 28.7 Å². The normalized spacial score (nSPS) is 23.6. The van der Waals surface area contributed by atoms with Crippen LogP contribution in [0.3, 0.4) is 0 Å². The summed E-state index contributed by atoms with van der Waals surface area (Å²) in [5.41, 5.74) is 1.42. The molecule has 1 fully saturated rings. The molecule has 1 heterocycles. The number of carbonyl (C=O) groups excluding carboxylic acids is 1. The summed E-state index contributed by atoms with van der Waals surface area (Å²) in [5, 5.41) is 10.4. The Morgan fingerprint density at radius 2 is 2.11 bits per heavy atom. The van der Waals surface area contributed by atoms with E-state index in [4.69, 9.17) is 11.6 Å². The second kappa shape index (κ2) is 7.89. The van der Waals surface area contributed by atoms with Crippen LogP contribution in [-0.2, 0) is 21.2 Å². The lowest BCUT2D eigenvalue weighted by Gasteiger charge is -2.19. The second-order valence-corrected chi connectivity index (χ2v) is 9.56. The molecule has 2 aliphatic rings. The van der Waals surface area contributed by atoms with Crippen molar-refractivity contribution in [1.29, 1.82) is 0 Å². The van der Waals surface area contributed by atoms with E-state index in [9.17, 15) is 22.7 Å². The van der Waals surface area contributed by atoms with Gasteiger partial charge in [0.2, 0.25) is 10.0 Å². The number of benzene rings is 1. The molecule has 1 aliphatic carbocycles. The summed E-state index contributed by atoms with van der Waals surface area (Å²) in [4.78, 5) is 12.0. The van der Waals surface area contributed by atoms with Crippen LogP contribution >= 0.6 is 11.6 Å². The molecule has 1 saturated heterocycles. The molecule has 0 amide bonds. The van der Waals surface area contributed by atoms with Crippen molar-refractivity contribution in [2.45, 2.75) is 50.1 Å². The van der Waals surface area contributed by atoms with Gasteiger partial charge in [0, 0.05) is 31.5 Å². The van der Waals surface area contributed by atoms with Crippen LogP contribution in [0, 0.1) is 5.92 Å². The SMILES string of the molecule is CC1=CCCC1CC(=O)Cc1ccc(Cl)c(S(=O)(=O)N2CC[C@@H](F)C2)c1O. The third kappa shape index (κ3) is 4.20. The average molecular weight is 416 g/mol. The standard InChI is InChI=1S/C19H23ClFNO4S/c1-12-3-2-4-13(12)9-16(23)10-14-5-6-17(20)19(18(14)24)27(25,26)22-8-7-15(21)11-22/h3,5-6,13,15,24H,2,4,7-11H2,1H3/t13?,15-/m1/s1. The molecule has 1 aliphatic heterocycles. The highest BCUT2D eigenvalue weighted by Crippen LogP contribution is 2.37. The third-order valence-corrected chi connectivity index (χ3v) is 7.71. The first-order valence-corrected chi connectivity index (χ1v) is 10.8. The molecular formula is C19H23ClFNO4S. The third-order valence-electron chi connectivity index (χ3n) is 5.35. The van der Waals surface area contributed by atoms with Crippen LogP contribution in [0.2, 0.25) is 5.02 Å². The number of halogens is 2. The molecule has 1 aromatic rings. The minimum Gasteiger partial charge on any atom is -0.506 e. The molecule has 3 rings (SSSR count). The van der Waals surface area contributed by atoms with Gasteiger partial charge in [0.25, 0.3) is 0 Å². The fourth-order valence-electron chi connectivity index (χ4n) is 3.74. The maximum absolute atomic E-state index is 13.4. The van der Waals surface area contributed by atoms with E-state index in [1.165, 1.54) is 17.7 Å². The van der Waals surface area contributed by atoms with Gasteiger partial charge in [-0.2, -0.15) is 4.31 Å². The van der Waals surface area contributed by atoms with Gasteiger partial charge in [0.15, 0.2) is 0 Å². The molecule has 0 saturated carbocycles. The first-order valence-electron chi connectivity index (χ1n) is 9.03. The molecule has 148 valence electrons. The Hall–Kier alpha value is -1.44. The van der Waals surface area contributed by atoms with Crippen LogP contribution in [0.5, 0.6) is 5.75 Å². The molecule has 8 heteroatoms. The molecule has 1 unspecified atom stereocenters. The van der Waals surface area contributed by atoms with E-state index in [0.29, 0.717) is 6.42 Å². The first kappa shape index (κ1) is 20.3. The summed E-state index contributed by atoms with van der Waals surface area (Å²) in [7, 11) is -4.13. The van der Waals surface area contributed by atoms with E-state index < -0.39 is 26.8 Å². The second-order valence-electron chi connectivity index (χ2n) is 7.28. The average Bonchev–Trinajstić information content (AvgIpc) is 3.19. The van der Waals surface area contributed by atoms with E-state index in [0.717, 1.165) is 17.1 Å². The topological polar surface area (TPSA) is 74.7 Å². The van der Waals surface area contributed by atoms with Crippen LogP contribution in [0.1, 0.15) is 38.2 Å². The van der Waals surface area contributed by atoms with Crippen molar-refractivity contribution < 1.29 is 22.7 Å². The molecule has 5 nitrogen and oxygen atoms in total. The van der Waals surface area contributed by atoms with Gasteiger partial charge >= 0.3 is 0 Å². The minimum atomic E-state index is -4.13. The van der Waals surface area contributed by atoms with Crippen LogP contribution in [-0.4, -0.2) is 42.9 Å². The van der Waals surface area contributed by atoms with E-state index in [2.05, 4.69) is 6.08 Å². The van der Waals surface area contributed by atoms with Crippen LogP contribution in [0.4, 0.5) is 4.39 Å². The van der Waals surface area contributed by atoms with E-state index in [1.807, 2.05) is 6.92 Å². The summed E-state index contributed by atoms with van der Waals surface area (Å²) in [6.07, 6.45) is 3.20. The number of hydrogen-bond acceptors (Lipinski definition) is 4. The van der Waals surface area contributed by atoms with E-state index >= 15 is 0 Å². The van der Waals surface area contributed by atoms with Gasteiger partial charge in [-0.15, -0.1) is 0 Å². The van der Waals surface area contributed by atoms with Crippen molar-refractivity contribution in [1.82, 2.24) is 4.31 Å². The molecule has 2 atom stereocenters. The summed E-state index contributed by atoms with van der Waals surface area (Å²) in [6, 6.07) is 2.83. The van der Waals surface area contributed by atoms with Crippen LogP contribution < -0.4 is 0 Å². The monoisotopic (exact) mass is 415 g/mol. The number of nitrogens with zero attached hydrogens (tertiary/aromatic N) is 1. The number of aromatic hydroxyl groups is 1. The number of hydrogen-bond donors (Lipinski definition) is 1. The van der Waals surface area contributed by atoms with Crippen molar-refractivity contribution >= 4 is 27.4 Å². The lowest BCUT2D eigenvalue weighted by Crippen LogP contribution is -2.29. The Morgan fingerprint density at radius 1 is 1.37 bits per heavy atom. The van der Waals surface area contributed by atoms with Crippen molar-refractivity contribution in [3.8, 4) is 5.75 Å². The molecule has 27 heavy (non-hydrogen) atoms. The van der Waals surface area contributed by atoms with E-state index in [-0.39, 0.29) is 48.2 Å². The summed E-state index contributed by atoms with van der Waals surface area (Å²) in [6.45, 7) is 1.79. The predicted octanol–water partition coefficient (Wildman–Crippen LogP) is 3.64. The number of sulfonamides is 1. The maximum Gasteiger partial charge on any atom is 0.248 e. The smallest absolute Gasteiger partial charge is 0.248 e. The number of phenols is 1. The Bertz CT molecular complexity index is 884. The molecule has 0 bridgehead atoms. The fourth-order valence-corrected chi connectivity index (χ4v) is 5.84. The molecule has 0 radical (unpaired) electrons. The van der Waals surface area contributed by atoms with Gasteiger partial charge in [-0.05, 0) is 38.2 Å². The zero-order chi connectivity index (χ0) is 19.8. The summed E-state index contributed by atoms with van der Waals surface area (Å²) >= 11 is 6.04. The fraction of sp³-hybridized carbons (Fsp3) is 0.526. The molecule has 0 aromatic heterocycles. The molecule has 1 aromatic carbocycles. The molecule has 0 spiro atoms. The zero-order valence-corrected chi connectivity index (χ0v) is 16.7. The number of ketones is 1. The lowest BCUT2D eigenvalue weighted by atomic mass is 9.93. The Labute approximate surface area is 163 Å². The molecule has 1 N–H and O–H groups in total. The summed E-state index contributed by atoms with van der Waals surface area (Å²) < 4.78 is 40.0. The maximum atomic E-state index is 13.4. The minimum absolute atomic E-state index is 0.0374. The van der Waals surface area contributed by atoms with Crippen molar-refractivity contribution in [3.05, 3.63) is 34.4 Å². The highest BCUT2D eigenvalue weighted by Gasteiger charge is 2.36. The largest absolute Gasteiger partial charge is 0.506 e. The summed E-state index contributed by atoms with van der Waals surface area (Å²) in [5.74, 6) is -0.376. The van der Waals surface area contributed by atoms with Gasteiger partial charge in [-0.3, -0.25) is 4.79 Å². The van der Waals surface area contributed by atoms with Crippen molar-refractivity contribution in [2.24, 2.45) is 5.92 Å². The zero-order valence-electron chi connectivity index (χ0n) is 15.1. The highest BCUT2D eigenvalue weighted by atomic mass is 35.5. The van der Waals surface area contributed by atoms with Gasteiger partial charge in [-0.1, -0.05) is 29.3 Å². The van der Waals surface area contributed by atoms with E-state index in [1.54, 1.807) is 0 Å². The number of allylic oxidation sites excluding steroid dienone is 2. The highest BCUT2D eigenvalue weighted by molar-refractivity contribution is 7.89. The van der Waals surface area contributed by atoms with Crippen molar-refractivity contribution in [2.75, 3.05) is 13.1 Å². The molecular weight excluding hydrogens is 393 g/mol. The number of alkyl halides is 1. The quantitative estimate of drug-likeness (QED) is 0.720. The van der Waals surface area contributed by atoms with Gasteiger partial charge < -0.3 is 5.11 Å². The van der Waals surface area contributed by atoms with Gasteiger partial charge in [-0.25, -0.2) is 12.8 Å². The van der Waals surface area contributed by atoms with Gasteiger partial charge in [0.05, 0.1) is 5.02 Å². The Morgan fingerprint density at radius 3 is 2.70 bits per heavy atom. The number of rotatable bonds is 6. The Kier molecular flexibility index (Phi) is 5.93. The van der Waals surface area contributed by atoms with Gasteiger partial charge in [0.1, 0.15) is 22.6 Å². The predicted molar refractivity (Wildman–Crippen MR) is 101 cm³/mol. The number of Topliss-reactive ketones (excluding diaryl/α,β-unsaturated/α-hetero) is 1.